The van der Waals surface area contributed by atoms with Crippen molar-refractivity contribution in [3.8, 4) is 5.75 Å². The van der Waals surface area contributed by atoms with Crippen LogP contribution in [0.2, 0.25) is 0 Å². The van der Waals surface area contributed by atoms with Crippen LogP contribution >= 0.6 is 22.6 Å². The van der Waals surface area contributed by atoms with Crippen molar-refractivity contribution in [1.82, 2.24) is 5.32 Å². The third kappa shape index (κ3) is 6.68. The van der Waals surface area contributed by atoms with Crippen molar-refractivity contribution in [2.24, 2.45) is 0 Å². The number of hydrogen-bond donors (Lipinski definition) is 1. The van der Waals surface area contributed by atoms with E-state index in [1.165, 1.54) is 0 Å². The Bertz CT molecular complexity index is 643. The molecule has 0 saturated heterocycles. The zero-order chi connectivity index (χ0) is 16.5. The van der Waals surface area contributed by atoms with Crippen LogP contribution in [0.5, 0.6) is 5.75 Å². The molecule has 0 aliphatic carbocycles. The molecule has 2 rings (SSSR count). The summed E-state index contributed by atoms with van der Waals surface area (Å²) in [4.78, 5) is 23.2. The maximum absolute atomic E-state index is 11.6. The van der Waals surface area contributed by atoms with Gasteiger partial charge in [0.05, 0.1) is 0 Å². The average Bonchev–Trinajstić information content (AvgIpc) is 2.58. The minimum Gasteiger partial charge on any atom is -0.484 e. The zero-order valence-corrected chi connectivity index (χ0v) is 14.5. The van der Waals surface area contributed by atoms with Gasteiger partial charge in [-0.2, -0.15) is 0 Å². The lowest BCUT2D eigenvalue weighted by Gasteiger charge is -2.08. The van der Waals surface area contributed by atoms with Gasteiger partial charge in [-0.15, -0.1) is 0 Å². The molecule has 0 unspecified atom stereocenters. The summed E-state index contributed by atoms with van der Waals surface area (Å²) in [6.45, 7) is -0.136. The molecule has 2 aromatic rings. The predicted octanol–water partition coefficient (Wildman–Crippen LogP) is 2.53. The highest BCUT2D eigenvalue weighted by Gasteiger charge is 2.07. The molecule has 120 valence electrons. The lowest BCUT2D eigenvalue weighted by atomic mass is 10.2. The van der Waals surface area contributed by atoms with Gasteiger partial charge in [-0.1, -0.05) is 30.3 Å². The van der Waals surface area contributed by atoms with E-state index >= 15 is 0 Å². The van der Waals surface area contributed by atoms with E-state index < -0.39 is 5.97 Å². The molecule has 2 aromatic carbocycles. The second-order valence-corrected chi connectivity index (χ2v) is 5.91. The number of benzene rings is 2. The van der Waals surface area contributed by atoms with Gasteiger partial charge < -0.3 is 14.8 Å². The van der Waals surface area contributed by atoms with E-state index in [2.05, 4.69) is 27.9 Å². The highest BCUT2D eigenvalue weighted by Crippen LogP contribution is 2.13. The number of carbonyl (C=O) groups is 2. The standard InChI is InChI=1S/C17H16INO4/c18-14-6-8-15(9-7-14)22-12-16(20)19-10-17(21)23-11-13-4-2-1-3-5-13/h1-9H,10-12H2,(H,19,20). The smallest absolute Gasteiger partial charge is 0.325 e. The van der Waals surface area contributed by atoms with Crippen molar-refractivity contribution in [3.05, 3.63) is 63.7 Å². The van der Waals surface area contributed by atoms with E-state index in [1.807, 2.05) is 42.5 Å². The van der Waals surface area contributed by atoms with Gasteiger partial charge >= 0.3 is 5.97 Å². The van der Waals surface area contributed by atoms with Gasteiger partial charge in [-0.25, -0.2) is 0 Å². The zero-order valence-electron chi connectivity index (χ0n) is 12.3. The molecule has 0 bridgehead atoms. The summed E-state index contributed by atoms with van der Waals surface area (Å²) in [6, 6.07) is 16.7. The van der Waals surface area contributed by atoms with Crippen molar-refractivity contribution in [2.45, 2.75) is 6.61 Å². The highest BCUT2D eigenvalue weighted by atomic mass is 127. The fraction of sp³-hybridized carbons (Fsp3) is 0.176. The lowest BCUT2D eigenvalue weighted by Crippen LogP contribution is -2.34. The molecule has 0 fully saturated rings. The monoisotopic (exact) mass is 425 g/mol. The summed E-state index contributed by atoms with van der Waals surface area (Å²) in [6.07, 6.45) is 0. The third-order valence-electron chi connectivity index (χ3n) is 2.86. The first-order valence-corrected chi connectivity index (χ1v) is 8.06. The normalized spacial score (nSPS) is 9.96. The van der Waals surface area contributed by atoms with Gasteiger partial charge in [0.1, 0.15) is 18.9 Å². The Kier molecular flexibility index (Phi) is 6.86. The Morgan fingerprint density at radius 2 is 1.70 bits per heavy atom. The molecule has 23 heavy (non-hydrogen) atoms. The summed E-state index contributed by atoms with van der Waals surface area (Å²) in [5.41, 5.74) is 0.897. The number of hydrogen-bond acceptors (Lipinski definition) is 4. The van der Waals surface area contributed by atoms with Gasteiger partial charge in [0.25, 0.3) is 5.91 Å². The van der Waals surface area contributed by atoms with Crippen LogP contribution in [-0.4, -0.2) is 25.0 Å². The van der Waals surface area contributed by atoms with Crippen LogP contribution in [0.1, 0.15) is 5.56 Å². The fourth-order valence-corrected chi connectivity index (χ4v) is 2.05. The van der Waals surface area contributed by atoms with Crippen molar-refractivity contribution < 1.29 is 19.1 Å². The first-order valence-electron chi connectivity index (χ1n) is 6.98. The molecule has 0 radical (unpaired) electrons. The van der Waals surface area contributed by atoms with Crippen molar-refractivity contribution >= 4 is 34.5 Å². The molecule has 0 spiro atoms. The molecule has 0 atom stereocenters. The van der Waals surface area contributed by atoms with Crippen LogP contribution < -0.4 is 10.1 Å². The maximum Gasteiger partial charge on any atom is 0.325 e. The molecule has 0 aliphatic rings. The van der Waals surface area contributed by atoms with Crippen LogP contribution in [0.3, 0.4) is 0 Å². The molecule has 0 aromatic heterocycles. The summed E-state index contributed by atoms with van der Waals surface area (Å²) in [7, 11) is 0. The molecular weight excluding hydrogens is 409 g/mol. The molecule has 0 heterocycles. The Balaban J connectivity index is 1.63. The Hall–Kier alpha value is -2.09. The highest BCUT2D eigenvalue weighted by molar-refractivity contribution is 14.1. The van der Waals surface area contributed by atoms with Gasteiger partial charge in [0.2, 0.25) is 0 Å². The van der Waals surface area contributed by atoms with Gasteiger partial charge in [-0.3, -0.25) is 9.59 Å². The minimum atomic E-state index is -0.489. The molecule has 1 N–H and O–H groups in total. The van der Waals surface area contributed by atoms with Crippen LogP contribution in [0.4, 0.5) is 0 Å². The van der Waals surface area contributed by atoms with E-state index in [1.54, 1.807) is 12.1 Å². The topological polar surface area (TPSA) is 64.6 Å². The van der Waals surface area contributed by atoms with Gasteiger partial charge in [0.15, 0.2) is 6.61 Å². The number of esters is 1. The van der Waals surface area contributed by atoms with E-state index in [9.17, 15) is 9.59 Å². The second-order valence-electron chi connectivity index (χ2n) is 4.67. The van der Waals surface area contributed by atoms with Crippen molar-refractivity contribution in [1.29, 1.82) is 0 Å². The molecule has 0 aliphatic heterocycles. The molecule has 5 nitrogen and oxygen atoms in total. The number of rotatable bonds is 7. The lowest BCUT2D eigenvalue weighted by molar-refractivity contribution is -0.145. The first kappa shape index (κ1) is 17.3. The summed E-state index contributed by atoms with van der Waals surface area (Å²) < 4.78 is 11.5. The molecule has 6 heteroatoms. The number of ether oxygens (including phenoxy) is 2. The number of carbonyl (C=O) groups excluding carboxylic acids is 2. The van der Waals surface area contributed by atoms with Crippen molar-refractivity contribution in [2.75, 3.05) is 13.2 Å². The van der Waals surface area contributed by atoms with E-state index in [0.29, 0.717) is 5.75 Å². The quantitative estimate of drug-likeness (QED) is 0.547. The van der Waals surface area contributed by atoms with Gasteiger partial charge in [0, 0.05) is 3.57 Å². The number of nitrogens with one attached hydrogen (secondary N) is 1. The summed E-state index contributed by atoms with van der Waals surface area (Å²) >= 11 is 2.18. The summed E-state index contributed by atoms with van der Waals surface area (Å²) in [5.74, 6) is -0.260. The van der Waals surface area contributed by atoms with Crippen LogP contribution in [0.25, 0.3) is 0 Å². The first-order chi connectivity index (χ1) is 11.1. The Morgan fingerprint density at radius 3 is 2.39 bits per heavy atom. The third-order valence-corrected chi connectivity index (χ3v) is 3.58. The van der Waals surface area contributed by atoms with Crippen molar-refractivity contribution in [3.63, 3.8) is 0 Å². The molecular formula is C17H16INO4. The van der Waals surface area contributed by atoms with Crippen LogP contribution in [0.15, 0.2) is 54.6 Å². The van der Waals surface area contributed by atoms with Crippen LogP contribution in [0, 0.1) is 3.57 Å². The number of halogens is 1. The minimum absolute atomic E-state index is 0.146. The second kappa shape index (κ2) is 9.14. The average molecular weight is 425 g/mol. The SMILES string of the molecule is O=C(COc1ccc(I)cc1)NCC(=O)OCc1ccccc1. The Morgan fingerprint density at radius 1 is 1.00 bits per heavy atom. The molecule has 1 amide bonds. The van der Waals surface area contributed by atoms with E-state index in [4.69, 9.17) is 9.47 Å². The number of amides is 1. The predicted molar refractivity (Wildman–Crippen MR) is 93.9 cm³/mol. The summed E-state index contributed by atoms with van der Waals surface area (Å²) in [5, 5.41) is 2.46. The Labute approximate surface area is 148 Å². The van der Waals surface area contributed by atoms with Crippen LogP contribution in [-0.2, 0) is 20.9 Å². The molecule has 0 saturated carbocycles. The van der Waals surface area contributed by atoms with Gasteiger partial charge in [-0.05, 0) is 52.4 Å². The van der Waals surface area contributed by atoms with E-state index in [-0.39, 0.29) is 25.7 Å². The van der Waals surface area contributed by atoms with E-state index in [0.717, 1.165) is 9.13 Å². The maximum atomic E-state index is 11.6. The largest absolute Gasteiger partial charge is 0.484 e. The fourth-order valence-electron chi connectivity index (χ4n) is 1.69.